The maximum Gasteiger partial charge on any atom is 0.249 e. The second-order valence-corrected chi connectivity index (χ2v) is 4.53. The fourth-order valence-electron chi connectivity index (χ4n) is 1.95. The van der Waals surface area contributed by atoms with Gasteiger partial charge in [-0.1, -0.05) is 18.2 Å². The van der Waals surface area contributed by atoms with Gasteiger partial charge in [0.25, 0.3) is 0 Å². The van der Waals surface area contributed by atoms with Crippen LogP contribution in [0.3, 0.4) is 0 Å². The Morgan fingerprint density at radius 3 is 2.81 bits per heavy atom. The van der Waals surface area contributed by atoms with E-state index in [0.29, 0.717) is 11.6 Å². The summed E-state index contributed by atoms with van der Waals surface area (Å²) in [4.78, 5) is 11.2. The lowest BCUT2D eigenvalue weighted by Gasteiger charge is -2.14. The van der Waals surface area contributed by atoms with Gasteiger partial charge in [0.05, 0.1) is 0 Å². The second kappa shape index (κ2) is 4.66. The Morgan fingerprint density at radius 1 is 1.50 bits per heavy atom. The monoisotopic (exact) mass is 218 g/mol. The molecule has 16 heavy (non-hydrogen) atoms. The highest BCUT2D eigenvalue weighted by Crippen LogP contribution is 2.32. The lowest BCUT2D eigenvalue weighted by molar-refractivity contribution is 0.0999. The van der Waals surface area contributed by atoms with E-state index in [1.165, 1.54) is 12.8 Å². The van der Waals surface area contributed by atoms with Crippen LogP contribution in [0.15, 0.2) is 24.3 Å². The summed E-state index contributed by atoms with van der Waals surface area (Å²) >= 11 is 0. The van der Waals surface area contributed by atoms with Crippen molar-refractivity contribution in [2.75, 3.05) is 0 Å². The Bertz CT molecular complexity index is 385. The Kier molecular flexibility index (Phi) is 3.25. The summed E-state index contributed by atoms with van der Waals surface area (Å²) in [6, 6.07) is 8.04. The average Bonchev–Trinajstić information content (AvgIpc) is 3.10. The van der Waals surface area contributed by atoms with E-state index >= 15 is 0 Å². The molecule has 2 rings (SSSR count). The lowest BCUT2D eigenvalue weighted by Crippen LogP contribution is -2.28. The predicted molar refractivity (Wildman–Crippen MR) is 64.0 cm³/mol. The molecule has 86 valence electrons. The maximum atomic E-state index is 11.2. The van der Waals surface area contributed by atoms with Crippen LogP contribution in [-0.2, 0) is 6.54 Å². The first-order valence-corrected chi connectivity index (χ1v) is 5.79. The zero-order valence-electron chi connectivity index (χ0n) is 9.57. The molecule has 0 spiro atoms. The number of hydrogen-bond acceptors (Lipinski definition) is 2. The number of nitrogens with two attached hydrogens (primary N) is 1. The van der Waals surface area contributed by atoms with Gasteiger partial charge in [0.2, 0.25) is 5.91 Å². The van der Waals surface area contributed by atoms with Gasteiger partial charge in [0.15, 0.2) is 0 Å². The van der Waals surface area contributed by atoms with Gasteiger partial charge >= 0.3 is 0 Å². The summed E-state index contributed by atoms with van der Waals surface area (Å²) in [5.74, 6) is 0.470. The lowest BCUT2D eigenvalue weighted by atomic mass is 10.1. The number of amides is 1. The molecule has 0 radical (unpaired) electrons. The highest BCUT2D eigenvalue weighted by atomic mass is 16.1. The van der Waals surface area contributed by atoms with Crippen LogP contribution in [-0.4, -0.2) is 11.9 Å². The number of rotatable bonds is 5. The van der Waals surface area contributed by atoms with Crippen LogP contribution >= 0.6 is 0 Å². The molecule has 1 unspecified atom stereocenters. The fraction of sp³-hybridized carbons (Fsp3) is 0.462. The molecule has 1 aromatic carbocycles. The molecule has 3 heteroatoms. The molecule has 0 saturated heterocycles. The largest absolute Gasteiger partial charge is 0.366 e. The van der Waals surface area contributed by atoms with Crippen molar-refractivity contribution in [2.45, 2.75) is 32.4 Å². The van der Waals surface area contributed by atoms with Crippen LogP contribution in [0.4, 0.5) is 0 Å². The van der Waals surface area contributed by atoms with Gasteiger partial charge in [-0.25, -0.2) is 0 Å². The van der Waals surface area contributed by atoms with E-state index in [1.54, 1.807) is 6.07 Å². The van der Waals surface area contributed by atoms with Crippen molar-refractivity contribution in [2.24, 2.45) is 11.7 Å². The molecule has 1 aromatic rings. The summed E-state index contributed by atoms with van der Waals surface area (Å²) < 4.78 is 0. The third-order valence-corrected chi connectivity index (χ3v) is 3.23. The average molecular weight is 218 g/mol. The van der Waals surface area contributed by atoms with E-state index in [4.69, 9.17) is 5.73 Å². The maximum absolute atomic E-state index is 11.2. The van der Waals surface area contributed by atoms with Crippen molar-refractivity contribution in [1.82, 2.24) is 5.32 Å². The van der Waals surface area contributed by atoms with Crippen molar-refractivity contribution in [3.63, 3.8) is 0 Å². The van der Waals surface area contributed by atoms with Crippen LogP contribution < -0.4 is 11.1 Å². The second-order valence-electron chi connectivity index (χ2n) is 4.53. The minimum atomic E-state index is -0.350. The number of carbonyl (C=O) groups excluding carboxylic acids is 1. The van der Waals surface area contributed by atoms with Gasteiger partial charge in [-0.3, -0.25) is 4.79 Å². The van der Waals surface area contributed by atoms with E-state index in [1.807, 2.05) is 18.2 Å². The van der Waals surface area contributed by atoms with Gasteiger partial charge in [-0.05, 0) is 37.3 Å². The SMILES string of the molecule is CC(NCc1ccccc1C(N)=O)C1CC1. The molecule has 1 atom stereocenters. The molecule has 0 heterocycles. The molecule has 0 bridgehead atoms. The van der Waals surface area contributed by atoms with Crippen molar-refractivity contribution in [3.8, 4) is 0 Å². The minimum Gasteiger partial charge on any atom is -0.366 e. The van der Waals surface area contributed by atoms with E-state index in [2.05, 4.69) is 12.2 Å². The zero-order valence-corrected chi connectivity index (χ0v) is 9.57. The molecule has 1 aliphatic carbocycles. The summed E-state index contributed by atoms with van der Waals surface area (Å²) in [6.45, 7) is 2.92. The van der Waals surface area contributed by atoms with Crippen LogP contribution in [0.25, 0.3) is 0 Å². The first-order valence-electron chi connectivity index (χ1n) is 5.79. The molecule has 1 fully saturated rings. The Hall–Kier alpha value is -1.35. The van der Waals surface area contributed by atoms with Crippen molar-refractivity contribution in [3.05, 3.63) is 35.4 Å². The quantitative estimate of drug-likeness (QED) is 0.790. The van der Waals surface area contributed by atoms with Gasteiger partial charge < -0.3 is 11.1 Å². The van der Waals surface area contributed by atoms with Crippen LogP contribution in [0, 0.1) is 5.92 Å². The number of hydrogen-bond donors (Lipinski definition) is 2. The van der Waals surface area contributed by atoms with Gasteiger partial charge in [-0.2, -0.15) is 0 Å². The fourth-order valence-corrected chi connectivity index (χ4v) is 1.95. The highest BCUT2D eigenvalue weighted by Gasteiger charge is 2.27. The summed E-state index contributed by atoms with van der Waals surface area (Å²) in [6.07, 6.45) is 2.65. The number of carbonyl (C=O) groups is 1. The van der Waals surface area contributed by atoms with E-state index in [0.717, 1.165) is 18.0 Å². The summed E-state index contributed by atoms with van der Waals surface area (Å²) in [7, 11) is 0. The Morgan fingerprint density at radius 2 is 2.19 bits per heavy atom. The molecule has 1 amide bonds. The van der Waals surface area contributed by atoms with Gasteiger partial charge in [-0.15, -0.1) is 0 Å². The zero-order chi connectivity index (χ0) is 11.5. The minimum absolute atomic E-state index is 0.350. The molecular weight excluding hydrogens is 200 g/mol. The molecule has 3 N–H and O–H groups in total. The molecule has 1 aliphatic rings. The third-order valence-electron chi connectivity index (χ3n) is 3.23. The van der Waals surface area contributed by atoms with Gasteiger partial charge in [0.1, 0.15) is 0 Å². The Balaban J connectivity index is 1.99. The number of benzene rings is 1. The third kappa shape index (κ3) is 2.61. The predicted octanol–water partition coefficient (Wildman–Crippen LogP) is 1.67. The van der Waals surface area contributed by atoms with Crippen LogP contribution in [0.5, 0.6) is 0 Å². The highest BCUT2D eigenvalue weighted by molar-refractivity contribution is 5.94. The number of nitrogens with one attached hydrogen (secondary N) is 1. The van der Waals surface area contributed by atoms with Crippen LogP contribution in [0.2, 0.25) is 0 Å². The van der Waals surface area contributed by atoms with Crippen molar-refractivity contribution in [1.29, 1.82) is 0 Å². The van der Waals surface area contributed by atoms with Crippen molar-refractivity contribution >= 4 is 5.91 Å². The van der Waals surface area contributed by atoms with Crippen molar-refractivity contribution < 1.29 is 4.79 Å². The molecular formula is C13H18N2O. The standard InChI is InChI=1S/C13H18N2O/c1-9(10-6-7-10)15-8-11-4-2-3-5-12(11)13(14)16/h2-5,9-10,15H,6-8H2,1H3,(H2,14,16). The molecule has 1 saturated carbocycles. The molecule has 3 nitrogen and oxygen atoms in total. The van der Waals surface area contributed by atoms with E-state index < -0.39 is 0 Å². The topological polar surface area (TPSA) is 55.1 Å². The summed E-state index contributed by atoms with van der Waals surface area (Å²) in [5.41, 5.74) is 6.94. The Labute approximate surface area is 96.0 Å². The van der Waals surface area contributed by atoms with E-state index in [9.17, 15) is 4.79 Å². The van der Waals surface area contributed by atoms with Gasteiger partial charge in [0, 0.05) is 18.2 Å². The first-order chi connectivity index (χ1) is 7.68. The molecule has 0 aromatic heterocycles. The van der Waals surface area contributed by atoms with Crippen LogP contribution in [0.1, 0.15) is 35.7 Å². The smallest absolute Gasteiger partial charge is 0.249 e. The first kappa shape index (κ1) is 11.1. The van der Waals surface area contributed by atoms with E-state index in [-0.39, 0.29) is 5.91 Å². The summed E-state index contributed by atoms with van der Waals surface area (Å²) in [5, 5.41) is 3.45. The normalized spacial score (nSPS) is 17.1. The molecule has 0 aliphatic heterocycles. The number of primary amides is 1.